The molecule has 0 spiro atoms. The molecule has 352 valence electrons. The van der Waals surface area contributed by atoms with Crippen LogP contribution >= 0.6 is 22.7 Å². The Morgan fingerprint density at radius 2 is 1.57 bits per heavy atom. The third kappa shape index (κ3) is 11.7. The molecule has 0 saturated carbocycles. The second-order valence-corrected chi connectivity index (χ2v) is 20.1. The quantitative estimate of drug-likeness (QED) is 0.0525. The lowest BCUT2D eigenvalue weighted by atomic mass is 9.85. The maximum absolute atomic E-state index is 14.2. The van der Waals surface area contributed by atoms with Crippen LogP contribution in [0.5, 0.6) is 17.2 Å². The number of likely N-dealkylation sites (N-methyl/N-ethyl adjacent to an activating group) is 1. The topological polar surface area (TPSA) is 182 Å². The fourth-order valence-electron chi connectivity index (χ4n) is 8.41. The summed E-state index contributed by atoms with van der Waals surface area (Å²) in [7, 11) is 0. The Hall–Kier alpha value is -6.13. The Bertz CT molecular complexity index is 2690. The van der Waals surface area contributed by atoms with Crippen LogP contribution in [0.25, 0.3) is 31.0 Å². The molecule has 7 rings (SSSR count). The van der Waals surface area contributed by atoms with Crippen LogP contribution in [0.3, 0.4) is 0 Å². The molecule has 1 saturated heterocycles. The average Bonchev–Trinajstić information content (AvgIpc) is 4.03. The first-order valence-electron chi connectivity index (χ1n) is 22.6. The average molecular weight is 946 g/mol. The van der Waals surface area contributed by atoms with Gasteiger partial charge in [-0.05, 0) is 122 Å². The number of benzene rings is 4. The predicted molar refractivity (Wildman–Crippen MR) is 264 cm³/mol. The number of thiophene rings is 1. The van der Waals surface area contributed by atoms with Crippen molar-refractivity contribution in [2.45, 2.75) is 85.0 Å². The number of ketones is 1. The van der Waals surface area contributed by atoms with Crippen molar-refractivity contribution in [2.75, 3.05) is 32.8 Å². The molecule has 4 unspecified atom stereocenters. The first kappa shape index (κ1) is 48.8. The molecular weight excluding hydrogens is 887 g/mol. The van der Waals surface area contributed by atoms with E-state index in [0.29, 0.717) is 43.0 Å². The highest BCUT2D eigenvalue weighted by molar-refractivity contribution is 7.22. The highest BCUT2D eigenvalue weighted by Gasteiger charge is 2.44. The number of fused-ring (bicyclic) bond motifs is 1. The van der Waals surface area contributed by atoms with Gasteiger partial charge in [-0.1, -0.05) is 52.0 Å². The molecule has 0 radical (unpaired) electrons. The van der Waals surface area contributed by atoms with E-state index < -0.39 is 29.5 Å². The molecule has 3 heterocycles. The maximum atomic E-state index is 14.2. The molecule has 4 aromatic carbocycles. The molecule has 6 aromatic rings. The number of aromatic nitrogens is 1. The smallest absolute Gasteiger partial charge is 0.246 e. The molecule has 15 heteroatoms. The minimum Gasteiger partial charge on any atom is -0.508 e. The van der Waals surface area contributed by atoms with Crippen molar-refractivity contribution in [2.24, 2.45) is 5.41 Å². The third-order valence-electron chi connectivity index (χ3n) is 12.2. The monoisotopic (exact) mass is 945 g/mol. The van der Waals surface area contributed by atoms with Gasteiger partial charge in [-0.2, -0.15) is 0 Å². The van der Waals surface area contributed by atoms with E-state index in [9.17, 15) is 34.5 Å². The number of thiazole rings is 1. The van der Waals surface area contributed by atoms with E-state index in [1.807, 2.05) is 71.3 Å². The standard InChI is InChI=1S/C52H59N5O8S2/c1-7-56(25-26-65-40-21-16-34(17-22-40)46(62)45-41-23-20-38(59)28-43(41)67-48(45)36-14-18-37(58)19-15-36)24-8-9-44(61)55-49(52(4,5)6)51(64)57-29-39(60)27-42(57)50(63)54-31(2)33-10-12-35(13-11-33)47-32(3)53-30-66-47/h10-23,28,30-31,39,42,49,58-60H,7-9,24-27,29H2,1-6H3,(H,54,63)(H,55,61). The number of phenolic OH excluding ortho intramolecular Hbond substituents is 2. The van der Waals surface area contributed by atoms with Gasteiger partial charge in [-0.25, -0.2) is 4.98 Å². The van der Waals surface area contributed by atoms with Crippen LogP contribution < -0.4 is 15.4 Å². The summed E-state index contributed by atoms with van der Waals surface area (Å²) >= 11 is 2.98. The molecule has 3 amide bonds. The number of carbonyl (C=O) groups excluding carboxylic acids is 4. The van der Waals surface area contributed by atoms with E-state index in [1.165, 1.54) is 16.2 Å². The highest BCUT2D eigenvalue weighted by atomic mass is 32.1. The number of β-amino-alcohol motifs (C(OH)–C–C–N with tert-alkyl or cyclic N) is 1. The number of aromatic hydroxyl groups is 2. The Labute approximate surface area is 399 Å². The fraction of sp³-hybridized carbons (Fsp3) is 0.365. The number of carbonyl (C=O) groups is 4. The summed E-state index contributed by atoms with van der Waals surface area (Å²) in [5.74, 6) is -0.355. The molecule has 2 aromatic heterocycles. The Kier molecular flexibility index (Phi) is 15.5. The molecule has 13 nitrogen and oxygen atoms in total. The number of aliphatic hydroxyl groups is 1. The maximum Gasteiger partial charge on any atom is 0.246 e. The zero-order chi connectivity index (χ0) is 48.0. The number of aryl methyl sites for hydroxylation is 1. The molecule has 5 N–H and O–H groups in total. The summed E-state index contributed by atoms with van der Waals surface area (Å²) in [5.41, 5.74) is 5.85. The van der Waals surface area contributed by atoms with Crippen molar-refractivity contribution in [1.82, 2.24) is 25.4 Å². The van der Waals surface area contributed by atoms with Gasteiger partial charge in [-0.3, -0.25) is 19.2 Å². The zero-order valence-electron chi connectivity index (χ0n) is 38.7. The lowest BCUT2D eigenvalue weighted by molar-refractivity contribution is -0.144. The minimum absolute atomic E-state index is 0.00529. The van der Waals surface area contributed by atoms with Gasteiger partial charge in [0.15, 0.2) is 5.78 Å². The van der Waals surface area contributed by atoms with Crippen LogP contribution in [0.1, 0.15) is 87.1 Å². The van der Waals surface area contributed by atoms with Gasteiger partial charge in [0, 0.05) is 52.0 Å². The predicted octanol–water partition coefficient (Wildman–Crippen LogP) is 8.49. The summed E-state index contributed by atoms with van der Waals surface area (Å²) in [6.07, 6.45) is -0.0408. The number of phenols is 2. The number of nitrogens with one attached hydrogen (secondary N) is 2. The van der Waals surface area contributed by atoms with Gasteiger partial charge in [-0.15, -0.1) is 22.7 Å². The number of likely N-dealkylation sites (tertiary alicyclic amines) is 1. The van der Waals surface area contributed by atoms with Crippen molar-refractivity contribution < 1.29 is 39.2 Å². The molecule has 67 heavy (non-hydrogen) atoms. The van der Waals surface area contributed by atoms with Crippen molar-refractivity contribution in [1.29, 1.82) is 0 Å². The molecule has 0 aliphatic carbocycles. The number of hydrogen-bond acceptors (Lipinski definition) is 12. The van der Waals surface area contributed by atoms with Gasteiger partial charge in [0.25, 0.3) is 0 Å². The van der Waals surface area contributed by atoms with Crippen LogP contribution in [-0.4, -0.2) is 105 Å². The number of rotatable bonds is 18. The second kappa shape index (κ2) is 21.2. The van der Waals surface area contributed by atoms with Crippen molar-refractivity contribution in [3.05, 3.63) is 119 Å². The Balaban J connectivity index is 0.890. The fourth-order valence-corrected chi connectivity index (χ4v) is 10.5. The third-order valence-corrected chi connectivity index (χ3v) is 14.4. The number of amides is 3. The van der Waals surface area contributed by atoms with Crippen LogP contribution in [0.15, 0.2) is 96.5 Å². The van der Waals surface area contributed by atoms with Gasteiger partial charge in [0.2, 0.25) is 17.7 Å². The Morgan fingerprint density at radius 3 is 2.22 bits per heavy atom. The van der Waals surface area contributed by atoms with Crippen molar-refractivity contribution >= 4 is 56.3 Å². The van der Waals surface area contributed by atoms with Gasteiger partial charge >= 0.3 is 0 Å². The summed E-state index contributed by atoms with van der Waals surface area (Å²) in [4.78, 5) is 65.1. The SMILES string of the molecule is CCN(CCCC(=O)NC(C(=O)N1CC(O)CC1C(=O)NC(C)c1ccc(-c2scnc2C)cc1)C(C)(C)C)CCOc1ccc(C(=O)c2c(-c3ccc(O)cc3)sc3cc(O)ccc23)cc1. The molecule has 0 bridgehead atoms. The second-order valence-electron chi connectivity index (χ2n) is 18.2. The van der Waals surface area contributed by atoms with E-state index >= 15 is 0 Å². The highest BCUT2D eigenvalue weighted by Crippen LogP contribution is 2.42. The molecular formula is C52H59N5O8S2. The van der Waals surface area contributed by atoms with E-state index in [4.69, 9.17) is 4.74 Å². The molecule has 4 atom stereocenters. The first-order valence-corrected chi connectivity index (χ1v) is 24.3. The number of ether oxygens (including phenoxy) is 1. The van der Waals surface area contributed by atoms with Gasteiger partial charge < -0.3 is 40.5 Å². The lowest BCUT2D eigenvalue weighted by Crippen LogP contribution is -2.57. The Morgan fingerprint density at radius 1 is 0.896 bits per heavy atom. The normalized spacial score (nSPS) is 16.0. The van der Waals surface area contributed by atoms with Crippen molar-refractivity contribution in [3.63, 3.8) is 0 Å². The summed E-state index contributed by atoms with van der Waals surface area (Å²) < 4.78 is 6.85. The first-order chi connectivity index (χ1) is 32.0. The molecule has 1 aliphatic rings. The van der Waals surface area contributed by atoms with Crippen LogP contribution in [0, 0.1) is 12.3 Å². The minimum atomic E-state index is -0.918. The lowest BCUT2D eigenvalue weighted by Gasteiger charge is -2.35. The largest absolute Gasteiger partial charge is 0.508 e. The zero-order valence-corrected chi connectivity index (χ0v) is 40.4. The van der Waals surface area contributed by atoms with E-state index in [2.05, 4.69) is 20.5 Å². The molecule has 1 fully saturated rings. The van der Waals surface area contributed by atoms with Gasteiger partial charge in [0.05, 0.1) is 28.2 Å². The number of nitrogens with zero attached hydrogens (tertiary/aromatic N) is 3. The van der Waals surface area contributed by atoms with E-state index in [0.717, 1.165) is 48.8 Å². The van der Waals surface area contributed by atoms with Crippen molar-refractivity contribution in [3.8, 4) is 38.1 Å². The number of hydrogen-bond donors (Lipinski definition) is 5. The van der Waals surface area contributed by atoms with E-state index in [1.54, 1.807) is 78.1 Å². The van der Waals surface area contributed by atoms with Crippen LogP contribution in [0.2, 0.25) is 0 Å². The van der Waals surface area contributed by atoms with Gasteiger partial charge in [0.1, 0.15) is 35.9 Å². The summed E-state index contributed by atoms with van der Waals surface area (Å²) in [5, 5.41) is 37.4. The van der Waals surface area contributed by atoms with E-state index in [-0.39, 0.29) is 54.5 Å². The summed E-state index contributed by atoms with van der Waals surface area (Å²) in [6.45, 7) is 13.8. The van der Waals surface area contributed by atoms with Crippen LogP contribution in [-0.2, 0) is 14.4 Å². The van der Waals surface area contributed by atoms with Crippen LogP contribution in [0.4, 0.5) is 0 Å². The molecule has 1 aliphatic heterocycles. The summed E-state index contributed by atoms with van der Waals surface area (Å²) in [6, 6.07) is 24.5. The number of aliphatic hydroxyl groups excluding tert-OH is 1.